The van der Waals surface area contributed by atoms with Gasteiger partial charge in [0.25, 0.3) is 5.91 Å². The summed E-state index contributed by atoms with van der Waals surface area (Å²) in [6.45, 7) is -0.557. The molecule has 136 valence electrons. The predicted octanol–water partition coefficient (Wildman–Crippen LogP) is 2.01. The minimum absolute atomic E-state index is 0.135. The molecule has 26 heavy (non-hydrogen) atoms. The number of amides is 1. The van der Waals surface area contributed by atoms with Crippen LogP contribution in [0.25, 0.3) is 0 Å². The van der Waals surface area contributed by atoms with Gasteiger partial charge in [-0.2, -0.15) is 0 Å². The number of methoxy groups -OCH3 is 1. The Labute approximate surface area is 152 Å². The summed E-state index contributed by atoms with van der Waals surface area (Å²) in [6.07, 6.45) is 1.45. The lowest BCUT2D eigenvalue weighted by atomic mass is 10.2. The van der Waals surface area contributed by atoms with Crippen molar-refractivity contribution in [2.45, 2.75) is 4.90 Å². The number of hydrogen-bond acceptors (Lipinski definition) is 6. The van der Waals surface area contributed by atoms with Crippen LogP contribution in [-0.2, 0) is 25.1 Å². The molecule has 0 spiro atoms. The number of hydrogen-bond donors (Lipinski definition) is 1. The highest BCUT2D eigenvalue weighted by Gasteiger charge is 2.17. The maximum Gasteiger partial charge on any atom is 0.339 e. The van der Waals surface area contributed by atoms with Crippen molar-refractivity contribution in [1.29, 1.82) is 0 Å². The van der Waals surface area contributed by atoms with Crippen molar-refractivity contribution < 1.29 is 28.1 Å². The first kappa shape index (κ1) is 19.3. The number of carbonyl (C=O) groups excluding carboxylic acids is 3. The van der Waals surface area contributed by atoms with Crippen LogP contribution in [0.4, 0.5) is 5.69 Å². The van der Waals surface area contributed by atoms with E-state index in [2.05, 4.69) is 10.1 Å². The van der Waals surface area contributed by atoms with Gasteiger partial charge < -0.3 is 14.8 Å². The molecule has 8 heteroatoms. The molecule has 2 rings (SSSR count). The Morgan fingerprint density at radius 3 is 2.23 bits per heavy atom. The van der Waals surface area contributed by atoms with E-state index >= 15 is 0 Å². The van der Waals surface area contributed by atoms with Gasteiger partial charge in [0.1, 0.15) is 0 Å². The molecule has 0 aliphatic carbocycles. The summed E-state index contributed by atoms with van der Waals surface area (Å²) >= 11 is 0. The Bertz CT molecular complexity index is 864. The van der Waals surface area contributed by atoms with Crippen LogP contribution in [0.1, 0.15) is 20.7 Å². The molecule has 0 aliphatic heterocycles. The van der Waals surface area contributed by atoms with Gasteiger partial charge >= 0.3 is 11.9 Å². The fraction of sp³-hybridized carbons (Fsp3) is 0.167. The second-order valence-corrected chi connectivity index (χ2v) is 6.46. The Hall–Kier alpha value is -3.00. The number of esters is 2. The van der Waals surface area contributed by atoms with E-state index in [1.165, 1.54) is 31.6 Å². The molecule has 7 nitrogen and oxygen atoms in total. The number of benzene rings is 2. The highest BCUT2D eigenvalue weighted by molar-refractivity contribution is 7.84. The summed E-state index contributed by atoms with van der Waals surface area (Å²) in [6, 6.07) is 12.6. The summed E-state index contributed by atoms with van der Waals surface area (Å²) < 4.78 is 21.3. The smallest absolute Gasteiger partial charge is 0.339 e. The van der Waals surface area contributed by atoms with E-state index in [-0.39, 0.29) is 16.8 Å². The minimum atomic E-state index is -1.37. The van der Waals surface area contributed by atoms with Crippen molar-refractivity contribution in [2.24, 2.45) is 0 Å². The van der Waals surface area contributed by atoms with Crippen LogP contribution in [-0.4, -0.2) is 42.0 Å². The second-order valence-electron chi connectivity index (χ2n) is 5.11. The van der Waals surface area contributed by atoms with Gasteiger partial charge in [-0.3, -0.25) is 9.00 Å². The zero-order chi connectivity index (χ0) is 19.1. The average molecular weight is 375 g/mol. The molecular weight excluding hydrogens is 358 g/mol. The third kappa shape index (κ3) is 4.76. The van der Waals surface area contributed by atoms with E-state index in [4.69, 9.17) is 4.74 Å². The van der Waals surface area contributed by atoms with E-state index in [9.17, 15) is 18.6 Å². The summed E-state index contributed by atoms with van der Waals surface area (Å²) in [5.41, 5.74) is 0.563. The van der Waals surface area contributed by atoms with Crippen LogP contribution in [0.5, 0.6) is 0 Å². The lowest BCUT2D eigenvalue weighted by Gasteiger charge is -2.10. The summed E-state index contributed by atoms with van der Waals surface area (Å²) in [7, 11) is -0.135. The maximum absolute atomic E-state index is 12.1. The molecule has 2 aromatic rings. The van der Waals surface area contributed by atoms with Gasteiger partial charge in [0.05, 0.1) is 39.6 Å². The number of para-hydroxylation sites is 1. The van der Waals surface area contributed by atoms with Gasteiger partial charge in [-0.05, 0) is 24.3 Å². The van der Waals surface area contributed by atoms with Crippen LogP contribution in [0.15, 0.2) is 53.4 Å². The van der Waals surface area contributed by atoms with Gasteiger partial charge in [-0.15, -0.1) is 0 Å². The quantitative estimate of drug-likeness (QED) is 0.776. The standard InChI is InChI=1S/C18H17NO6S/c1-24-17(21)12-7-3-5-9-14(12)19-16(20)11-25-18(22)13-8-4-6-10-15(13)26(2)23/h3-10H,11H2,1-2H3,(H,19,20)/t26-/m0/s1. The maximum atomic E-state index is 12.1. The van der Waals surface area contributed by atoms with E-state index < -0.39 is 35.3 Å². The summed E-state index contributed by atoms with van der Waals surface area (Å²) in [5.74, 6) is -1.98. The lowest BCUT2D eigenvalue weighted by molar-refractivity contribution is -0.119. The molecule has 0 unspecified atom stereocenters. The molecule has 0 bridgehead atoms. The Morgan fingerprint density at radius 1 is 0.962 bits per heavy atom. The van der Waals surface area contributed by atoms with Crippen LogP contribution in [0.2, 0.25) is 0 Å². The molecule has 1 amide bonds. The van der Waals surface area contributed by atoms with Gasteiger partial charge in [-0.25, -0.2) is 9.59 Å². The van der Waals surface area contributed by atoms with Crippen LogP contribution in [0, 0.1) is 0 Å². The first-order valence-electron chi connectivity index (χ1n) is 7.50. The lowest BCUT2D eigenvalue weighted by Crippen LogP contribution is -2.22. The third-order valence-corrected chi connectivity index (χ3v) is 4.33. The number of carbonyl (C=O) groups is 3. The number of ether oxygens (including phenoxy) is 2. The van der Waals surface area contributed by atoms with Crippen LogP contribution >= 0.6 is 0 Å². The SMILES string of the molecule is COC(=O)c1ccccc1NC(=O)COC(=O)c1ccccc1[S@](C)=O. The molecule has 1 atom stereocenters. The third-order valence-electron chi connectivity index (χ3n) is 3.36. The first-order chi connectivity index (χ1) is 12.4. The predicted molar refractivity (Wildman–Crippen MR) is 95.5 cm³/mol. The number of rotatable bonds is 6. The molecule has 0 saturated heterocycles. The van der Waals surface area contributed by atoms with E-state index in [1.54, 1.807) is 30.3 Å². The highest BCUT2D eigenvalue weighted by Crippen LogP contribution is 2.16. The Balaban J connectivity index is 2.03. The topological polar surface area (TPSA) is 98.8 Å². The minimum Gasteiger partial charge on any atom is -0.465 e. The fourth-order valence-corrected chi connectivity index (χ4v) is 2.89. The van der Waals surface area contributed by atoms with Gasteiger partial charge in [0.2, 0.25) is 0 Å². The van der Waals surface area contributed by atoms with E-state index in [0.29, 0.717) is 4.90 Å². The van der Waals surface area contributed by atoms with Crippen molar-refractivity contribution in [2.75, 3.05) is 25.3 Å². The van der Waals surface area contributed by atoms with Crippen molar-refractivity contribution in [3.05, 3.63) is 59.7 Å². The van der Waals surface area contributed by atoms with E-state index in [1.807, 2.05) is 0 Å². The fourth-order valence-electron chi connectivity index (χ4n) is 2.16. The average Bonchev–Trinajstić information content (AvgIpc) is 2.65. The molecule has 2 aromatic carbocycles. The molecule has 0 saturated carbocycles. The van der Waals surface area contributed by atoms with Crippen molar-refractivity contribution in [3.63, 3.8) is 0 Å². The molecule has 1 N–H and O–H groups in total. The molecule has 0 fully saturated rings. The monoisotopic (exact) mass is 375 g/mol. The van der Waals surface area contributed by atoms with Crippen LogP contribution < -0.4 is 5.32 Å². The Morgan fingerprint density at radius 2 is 1.58 bits per heavy atom. The van der Waals surface area contributed by atoms with Gasteiger partial charge in [0.15, 0.2) is 6.61 Å². The molecular formula is C18H17NO6S. The highest BCUT2D eigenvalue weighted by atomic mass is 32.2. The van der Waals surface area contributed by atoms with Crippen molar-refractivity contribution in [1.82, 2.24) is 0 Å². The second kappa shape index (κ2) is 8.91. The number of nitrogens with one attached hydrogen (secondary N) is 1. The van der Waals surface area contributed by atoms with Crippen molar-refractivity contribution >= 4 is 34.3 Å². The van der Waals surface area contributed by atoms with Gasteiger partial charge in [0, 0.05) is 6.26 Å². The molecule has 0 aromatic heterocycles. The Kier molecular flexibility index (Phi) is 6.62. The van der Waals surface area contributed by atoms with Gasteiger partial charge in [-0.1, -0.05) is 24.3 Å². The summed E-state index contributed by atoms with van der Waals surface area (Å²) in [4.78, 5) is 36.2. The zero-order valence-electron chi connectivity index (χ0n) is 14.2. The summed E-state index contributed by atoms with van der Waals surface area (Å²) in [5, 5.41) is 2.49. The number of anilines is 1. The zero-order valence-corrected chi connectivity index (χ0v) is 15.0. The molecule has 0 radical (unpaired) electrons. The first-order valence-corrected chi connectivity index (χ1v) is 9.06. The van der Waals surface area contributed by atoms with E-state index in [0.717, 1.165) is 0 Å². The van der Waals surface area contributed by atoms with Crippen LogP contribution in [0.3, 0.4) is 0 Å². The van der Waals surface area contributed by atoms with Crippen molar-refractivity contribution in [3.8, 4) is 0 Å². The normalized spacial score (nSPS) is 11.3. The molecule has 0 heterocycles. The largest absolute Gasteiger partial charge is 0.465 e. The molecule has 0 aliphatic rings.